The molecular weight excluding hydrogens is 1690 g/mol. The molecule has 0 radical (unpaired) electrons. The number of carboxylic acid groups (broad SMARTS) is 1. The average Bonchev–Trinajstić information content (AvgIpc) is 1.33. The average molecular weight is 1810 g/mol. The molecule has 11 atom stereocenters. The lowest BCUT2D eigenvalue weighted by atomic mass is 9.98. The van der Waals surface area contributed by atoms with Crippen LogP contribution in [0.3, 0.4) is 0 Å². The monoisotopic (exact) mass is 1810 g/mol. The van der Waals surface area contributed by atoms with Gasteiger partial charge in [-0.3, -0.25) is 76.7 Å². The van der Waals surface area contributed by atoms with Gasteiger partial charge in [-0.15, -0.1) is 11.8 Å². The molecule has 696 valence electrons. The maximum absolute atomic E-state index is 15.6. The largest absolute Gasteiger partial charge is 0.508 e. The van der Waals surface area contributed by atoms with E-state index in [0.717, 1.165) is 32.0 Å². The summed E-state index contributed by atoms with van der Waals surface area (Å²) in [5, 5.41) is 55.6. The molecule has 1 fully saturated rings. The summed E-state index contributed by atoms with van der Waals surface area (Å²) in [6, 6.07) is 25.7. The van der Waals surface area contributed by atoms with Crippen LogP contribution in [-0.4, -0.2) is 272 Å². The molecule has 36 heteroatoms. The van der Waals surface area contributed by atoms with Gasteiger partial charge in [0.25, 0.3) is 0 Å². The van der Waals surface area contributed by atoms with Crippen molar-refractivity contribution < 1.29 is 92.0 Å². The van der Waals surface area contributed by atoms with Crippen molar-refractivity contribution >= 4 is 117 Å². The SMILES string of the molecule is CCCCC1C(=O)N(C)CC(=O)NC(CC(=O)O)C(=O)NC(C(C)C)C(=O)N(C)C(Cc2ccccc2)C(=O)NC(Cc2ccc(O)cc2)C(=O)N(C)CC(=O)NC(Cc2c[nH]c3ccccc23)C(=O)NC(Cc2ccc(O)cc2)C(=O)NC(CC(C)C)C(=O)NC(C(=O)NCC(N)=O)CSCC(=O)NC(Cc2ccc(C)cc2)C(=O)N(C)C(Cc2ccccc2)C(=O)N1C. The maximum atomic E-state index is 15.6. The van der Waals surface area contributed by atoms with Crippen LogP contribution >= 0.6 is 11.8 Å². The van der Waals surface area contributed by atoms with Crippen molar-refractivity contribution in [2.24, 2.45) is 17.6 Å². The van der Waals surface area contributed by atoms with E-state index in [0.29, 0.717) is 57.1 Å². The number of aromatic amines is 1. The predicted octanol–water partition coefficient (Wildman–Crippen LogP) is 2.64. The number of phenolic OH excluding ortho intramolecular Hbond substituents is 2. The standard InChI is InChI=1S/C94H120N16O19S/c1-12-13-28-75-92(127)107(8)52-80(115)99-71(48-82(117)118)88(123)105-83(56(4)5)94(129)109(10)76(45-58-22-16-14-17-23-58)89(124)103-72(43-62-35-39-65(112)40-36-62)90(125)106(7)51-79(114)98-70(47-63-49-96-67-27-21-20-26-66(63)67)87(122)102-69(42-61-33-37-64(111)38-34-61)86(121)101-68(41-55(2)3)85(120)104-74(84(119)97-50-78(95)113)53-130-54-81(116)100-73(44-60-31-29-57(6)30-32-60)91(126)110(11)77(93(128)108(75)9)46-59-24-18-15-19-25-59/h14-27,29-40,49,55-56,68-77,83,96,111-112H,12-13,28,41-48,50-54H2,1-11H3,(H2,95,113)(H,97,119)(H,98,114)(H,99,115)(H,100,116)(H,101,121)(H,102,122)(H,103,124)(H,104,120)(H,105,123)(H,117,118). The quantitative estimate of drug-likeness (QED) is 0.0438. The molecule has 0 aliphatic carbocycles. The number of aliphatic carboxylic acids is 1. The summed E-state index contributed by atoms with van der Waals surface area (Å²) in [6.07, 6.45) is 0.0884. The van der Waals surface area contributed by atoms with E-state index in [1.807, 2.05) is 13.8 Å². The van der Waals surface area contributed by atoms with Gasteiger partial charge in [-0.25, -0.2) is 0 Å². The number of H-pyrrole nitrogens is 1. The zero-order valence-electron chi connectivity index (χ0n) is 75.0. The molecule has 1 aromatic heterocycles. The molecule has 1 aliphatic heterocycles. The molecule has 15 N–H and O–H groups in total. The van der Waals surface area contributed by atoms with Crippen LogP contribution in [0.1, 0.15) is 106 Å². The molecule has 0 spiro atoms. The molecule has 7 aromatic rings. The van der Waals surface area contributed by atoms with Crippen LogP contribution in [0.2, 0.25) is 0 Å². The minimum Gasteiger partial charge on any atom is -0.508 e. The lowest BCUT2D eigenvalue weighted by Gasteiger charge is -2.37. The summed E-state index contributed by atoms with van der Waals surface area (Å²) < 4.78 is 0. The summed E-state index contributed by atoms with van der Waals surface area (Å²) in [5.41, 5.74) is 10.0. The number of primary amides is 1. The fourth-order valence-corrected chi connectivity index (χ4v) is 15.9. The van der Waals surface area contributed by atoms with Gasteiger partial charge in [0.2, 0.25) is 88.6 Å². The highest BCUT2D eigenvalue weighted by Crippen LogP contribution is 2.25. The zero-order chi connectivity index (χ0) is 95.2. The normalized spacial score (nSPS) is 21.8. The summed E-state index contributed by atoms with van der Waals surface area (Å²) in [6.45, 7) is 8.03. The van der Waals surface area contributed by atoms with Crippen LogP contribution in [0.5, 0.6) is 11.5 Å². The van der Waals surface area contributed by atoms with Crippen LogP contribution < -0.4 is 53.6 Å². The van der Waals surface area contributed by atoms with E-state index < -0.39 is 199 Å². The van der Waals surface area contributed by atoms with Crippen molar-refractivity contribution in [1.82, 2.24) is 77.3 Å². The van der Waals surface area contributed by atoms with E-state index in [1.165, 1.54) is 93.6 Å². The highest BCUT2D eigenvalue weighted by Gasteiger charge is 2.42. The number of nitrogens with one attached hydrogen (secondary N) is 10. The Morgan fingerprint density at radius 3 is 1.47 bits per heavy atom. The second kappa shape index (κ2) is 49.0. The molecule has 1 saturated heterocycles. The van der Waals surface area contributed by atoms with Gasteiger partial charge in [0.15, 0.2) is 0 Å². The van der Waals surface area contributed by atoms with E-state index in [-0.39, 0.29) is 74.5 Å². The Kier molecular flexibility index (Phi) is 38.4. The number of aromatic hydroxyl groups is 2. The molecule has 1 aliphatic rings. The van der Waals surface area contributed by atoms with E-state index in [2.05, 4.69) is 52.8 Å². The predicted molar refractivity (Wildman–Crippen MR) is 487 cm³/mol. The smallest absolute Gasteiger partial charge is 0.305 e. The number of carboxylic acids is 1. The number of hydrogen-bond acceptors (Lipinski definition) is 19. The summed E-state index contributed by atoms with van der Waals surface area (Å²) in [5.74, 6) is -17.4. The Labute approximate surface area is 759 Å². The third kappa shape index (κ3) is 30.5. The summed E-state index contributed by atoms with van der Waals surface area (Å²) in [7, 11) is 6.55. The Morgan fingerprint density at radius 1 is 0.469 bits per heavy atom. The highest BCUT2D eigenvalue weighted by molar-refractivity contribution is 8.00. The van der Waals surface area contributed by atoms with Crippen molar-refractivity contribution in [3.8, 4) is 11.5 Å². The topological polar surface area (TPSA) is 500 Å². The Hall–Kier alpha value is -13.7. The number of carbonyl (C=O) groups is 16. The zero-order valence-corrected chi connectivity index (χ0v) is 75.8. The number of fused-ring (bicyclic) bond motifs is 1. The number of nitrogens with zero attached hydrogens (tertiary/aromatic N) is 5. The van der Waals surface area contributed by atoms with Gasteiger partial charge in [-0.05, 0) is 95.3 Å². The maximum Gasteiger partial charge on any atom is 0.305 e. The van der Waals surface area contributed by atoms with Crippen molar-refractivity contribution in [1.29, 1.82) is 0 Å². The lowest BCUT2D eigenvalue weighted by Crippen LogP contribution is -2.61. The van der Waals surface area contributed by atoms with Gasteiger partial charge in [0.05, 0.1) is 31.8 Å². The van der Waals surface area contributed by atoms with E-state index in [4.69, 9.17) is 5.73 Å². The van der Waals surface area contributed by atoms with Crippen molar-refractivity contribution in [2.75, 3.05) is 66.4 Å². The summed E-state index contributed by atoms with van der Waals surface area (Å²) in [4.78, 5) is 244. The van der Waals surface area contributed by atoms with Crippen LogP contribution in [-0.2, 0) is 115 Å². The number of nitrogens with two attached hydrogens (primary N) is 1. The van der Waals surface area contributed by atoms with Crippen molar-refractivity contribution in [3.05, 3.63) is 203 Å². The number of likely N-dealkylation sites (N-methyl/N-ethyl adjacent to an activating group) is 5. The molecule has 2 heterocycles. The number of unbranched alkanes of at least 4 members (excludes halogenated alkanes) is 1. The second-order valence-electron chi connectivity index (χ2n) is 33.6. The number of aromatic nitrogens is 1. The molecule has 8 rings (SSSR count). The third-order valence-corrected chi connectivity index (χ3v) is 23.4. The number of aryl methyl sites for hydroxylation is 1. The third-order valence-electron chi connectivity index (χ3n) is 22.3. The van der Waals surface area contributed by atoms with Crippen molar-refractivity contribution in [3.63, 3.8) is 0 Å². The first-order valence-corrected chi connectivity index (χ1v) is 44.2. The van der Waals surface area contributed by atoms with Crippen LogP contribution in [0, 0.1) is 18.8 Å². The molecule has 6 aromatic carbocycles. The Morgan fingerprint density at radius 2 is 0.923 bits per heavy atom. The first-order valence-electron chi connectivity index (χ1n) is 43.1. The lowest BCUT2D eigenvalue weighted by molar-refractivity contribution is -0.151. The number of hydrogen-bond donors (Lipinski definition) is 14. The van der Waals surface area contributed by atoms with E-state index in [9.17, 15) is 53.7 Å². The molecule has 15 amide bonds. The molecule has 0 bridgehead atoms. The molecule has 11 unspecified atom stereocenters. The molecule has 35 nitrogen and oxygen atoms in total. The van der Waals surface area contributed by atoms with E-state index in [1.54, 1.807) is 143 Å². The fraction of sp³-hybridized carbons (Fsp3) is 0.426. The summed E-state index contributed by atoms with van der Waals surface area (Å²) >= 11 is 0.831. The van der Waals surface area contributed by atoms with Crippen molar-refractivity contribution in [2.45, 2.75) is 179 Å². The molecule has 130 heavy (non-hydrogen) atoms. The Bertz CT molecular complexity index is 5120. The first kappa shape index (κ1) is 102. The number of benzene rings is 6. The van der Waals surface area contributed by atoms with Gasteiger partial charge in [-0.2, -0.15) is 0 Å². The number of phenols is 2. The number of thioether (sulfide) groups is 1. The second-order valence-corrected chi connectivity index (χ2v) is 34.6. The van der Waals surface area contributed by atoms with Gasteiger partial charge in [0, 0.05) is 96.6 Å². The number of amides is 15. The Balaban J connectivity index is 1.22. The number of rotatable bonds is 23. The molecular formula is C94H120N16O19S. The van der Waals surface area contributed by atoms with Crippen LogP contribution in [0.4, 0.5) is 0 Å². The first-order chi connectivity index (χ1) is 61.8. The minimum atomic E-state index is -1.91. The number of para-hydroxylation sites is 1. The highest BCUT2D eigenvalue weighted by atomic mass is 32.2. The van der Waals surface area contributed by atoms with Crippen LogP contribution in [0.15, 0.2) is 164 Å². The van der Waals surface area contributed by atoms with Gasteiger partial charge in [0.1, 0.15) is 78.0 Å². The van der Waals surface area contributed by atoms with Gasteiger partial charge < -0.3 is 98.4 Å². The fourth-order valence-electron chi connectivity index (χ4n) is 15.1. The van der Waals surface area contributed by atoms with Crippen LogP contribution in [0.25, 0.3) is 10.9 Å². The van der Waals surface area contributed by atoms with Gasteiger partial charge >= 0.3 is 5.97 Å². The van der Waals surface area contributed by atoms with Gasteiger partial charge in [-0.1, -0.05) is 180 Å². The molecule has 0 saturated carbocycles. The van der Waals surface area contributed by atoms with E-state index >= 15 is 38.4 Å². The minimum absolute atomic E-state index is 0.0293. The number of carbonyl (C=O) groups excluding carboxylic acids is 15.